The lowest BCUT2D eigenvalue weighted by molar-refractivity contribution is -0.0387. The number of fused-ring (bicyclic) bond motifs is 1. The maximum atomic E-state index is 11.5. The Kier molecular flexibility index (Phi) is 4.42. The van der Waals surface area contributed by atoms with E-state index in [9.17, 15) is 9.90 Å². The van der Waals surface area contributed by atoms with Gasteiger partial charge in [0.05, 0.1) is 25.9 Å². The summed E-state index contributed by atoms with van der Waals surface area (Å²) in [6.07, 6.45) is 0. The molecule has 0 spiro atoms. The molecule has 6 nitrogen and oxygen atoms in total. The van der Waals surface area contributed by atoms with Gasteiger partial charge in [-0.2, -0.15) is 0 Å². The number of carbonyl (C=O) groups is 1. The lowest BCUT2D eigenvalue weighted by atomic mass is 10.1. The molecule has 1 aromatic heterocycles. The quantitative estimate of drug-likeness (QED) is 0.910. The van der Waals surface area contributed by atoms with Crippen LogP contribution in [-0.4, -0.2) is 55.5 Å². The Hall–Kier alpha value is -1.89. The fourth-order valence-corrected chi connectivity index (χ4v) is 2.87. The van der Waals surface area contributed by atoms with Gasteiger partial charge in [-0.1, -0.05) is 18.2 Å². The smallest absolute Gasteiger partial charge is 0.372 e. The number of morpholine rings is 1. The highest BCUT2D eigenvalue weighted by molar-refractivity contribution is 5.95. The minimum atomic E-state index is -1.04. The van der Waals surface area contributed by atoms with Crippen LogP contribution in [-0.2, 0) is 16.0 Å². The zero-order chi connectivity index (χ0) is 15.5. The summed E-state index contributed by atoms with van der Waals surface area (Å²) in [6.45, 7) is 3.03. The summed E-state index contributed by atoms with van der Waals surface area (Å²) in [6, 6.07) is 7.53. The topological polar surface area (TPSA) is 72.1 Å². The molecule has 1 N–H and O–H groups in total. The van der Waals surface area contributed by atoms with Crippen LogP contribution in [0.2, 0.25) is 0 Å². The van der Waals surface area contributed by atoms with Gasteiger partial charge in [0.25, 0.3) is 0 Å². The minimum absolute atomic E-state index is 0.0175. The van der Waals surface area contributed by atoms with Gasteiger partial charge in [-0.25, -0.2) is 4.79 Å². The molecular formula is C16H19NO5. The number of para-hydroxylation sites is 1. The zero-order valence-electron chi connectivity index (χ0n) is 12.4. The van der Waals surface area contributed by atoms with Crippen molar-refractivity contribution >= 4 is 16.9 Å². The van der Waals surface area contributed by atoms with E-state index in [0.717, 1.165) is 11.9 Å². The van der Waals surface area contributed by atoms with Crippen LogP contribution in [0.25, 0.3) is 11.0 Å². The van der Waals surface area contributed by atoms with Crippen molar-refractivity contribution in [2.45, 2.75) is 12.6 Å². The second-order valence-corrected chi connectivity index (χ2v) is 5.37. The fraction of sp³-hybridized carbons (Fsp3) is 0.438. The van der Waals surface area contributed by atoms with Gasteiger partial charge in [-0.3, -0.25) is 4.90 Å². The van der Waals surface area contributed by atoms with Crippen LogP contribution >= 0.6 is 0 Å². The van der Waals surface area contributed by atoms with Gasteiger partial charge in [0.15, 0.2) is 0 Å². The van der Waals surface area contributed by atoms with Crippen LogP contribution in [0.5, 0.6) is 0 Å². The van der Waals surface area contributed by atoms with Crippen molar-refractivity contribution in [1.82, 2.24) is 4.90 Å². The van der Waals surface area contributed by atoms with E-state index < -0.39 is 5.97 Å². The summed E-state index contributed by atoms with van der Waals surface area (Å²) < 4.78 is 16.2. The average Bonchev–Trinajstić information content (AvgIpc) is 2.89. The lowest BCUT2D eigenvalue weighted by Gasteiger charge is -2.35. The van der Waals surface area contributed by atoms with Crippen molar-refractivity contribution in [3.05, 3.63) is 35.6 Å². The molecule has 2 heterocycles. The third kappa shape index (κ3) is 2.85. The number of hydrogen-bond donors (Lipinski definition) is 1. The molecule has 1 fully saturated rings. The number of nitrogens with zero attached hydrogens (tertiary/aromatic N) is 1. The molecule has 118 valence electrons. The van der Waals surface area contributed by atoms with Crippen molar-refractivity contribution in [2.75, 3.05) is 33.5 Å². The van der Waals surface area contributed by atoms with Crippen molar-refractivity contribution in [3.63, 3.8) is 0 Å². The van der Waals surface area contributed by atoms with Crippen molar-refractivity contribution in [2.24, 2.45) is 0 Å². The SMILES string of the molecule is COCC1COCCN1Cc1c(C(=O)O)oc2ccccc12. The Morgan fingerprint density at radius 1 is 1.45 bits per heavy atom. The first-order chi connectivity index (χ1) is 10.7. The molecule has 1 atom stereocenters. The number of ether oxygens (including phenoxy) is 2. The summed E-state index contributed by atoms with van der Waals surface area (Å²) in [5.41, 5.74) is 1.32. The Morgan fingerprint density at radius 2 is 2.27 bits per heavy atom. The number of rotatable bonds is 5. The summed E-state index contributed by atoms with van der Waals surface area (Å²) >= 11 is 0. The van der Waals surface area contributed by atoms with Gasteiger partial charge in [0.1, 0.15) is 5.58 Å². The highest BCUT2D eigenvalue weighted by Gasteiger charge is 2.27. The standard InChI is InChI=1S/C16H19NO5/c1-20-9-11-10-21-7-6-17(11)8-13-12-4-2-3-5-14(12)22-15(13)16(18)19/h2-5,11H,6-10H2,1H3,(H,18,19). The molecule has 1 unspecified atom stereocenters. The van der Waals surface area contributed by atoms with Crippen LogP contribution in [0.15, 0.2) is 28.7 Å². The van der Waals surface area contributed by atoms with Crippen LogP contribution in [0, 0.1) is 0 Å². The third-order valence-electron chi connectivity index (χ3n) is 3.96. The predicted octanol–water partition coefficient (Wildman–Crippen LogP) is 1.98. The largest absolute Gasteiger partial charge is 0.475 e. The maximum Gasteiger partial charge on any atom is 0.372 e. The van der Waals surface area contributed by atoms with Crippen LogP contribution in [0.4, 0.5) is 0 Å². The van der Waals surface area contributed by atoms with E-state index in [1.807, 2.05) is 18.2 Å². The van der Waals surface area contributed by atoms with E-state index in [4.69, 9.17) is 13.9 Å². The van der Waals surface area contributed by atoms with Gasteiger partial charge in [-0.15, -0.1) is 0 Å². The molecule has 1 aromatic carbocycles. The van der Waals surface area contributed by atoms with E-state index in [1.165, 1.54) is 0 Å². The number of methoxy groups -OCH3 is 1. The molecular weight excluding hydrogens is 286 g/mol. The van der Waals surface area contributed by atoms with Crippen molar-refractivity contribution in [3.8, 4) is 0 Å². The second-order valence-electron chi connectivity index (χ2n) is 5.37. The van der Waals surface area contributed by atoms with Gasteiger partial charge in [-0.05, 0) is 6.07 Å². The molecule has 0 saturated carbocycles. The van der Waals surface area contributed by atoms with Crippen LogP contribution < -0.4 is 0 Å². The molecule has 0 radical (unpaired) electrons. The molecule has 22 heavy (non-hydrogen) atoms. The monoisotopic (exact) mass is 305 g/mol. The van der Waals surface area contributed by atoms with Gasteiger partial charge in [0, 0.05) is 31.1 Å². The predicted molar refractivity (Wildman–Crippen MR) is 80.1 cm³/mol. The molecule has 2 aromatic rings. The Balaban J connectivity index is 1.94. The Labute approximate surface area is 128 Å². The second kappa shape index (κ2) is 6.48. The molecule has 0 bridgehead atoms. The van der Waals surface area contributed by atoms with E-state index in [-0.39, 0.29) is 11.8 Å². The van der Waals surface area contributed by atoms with Gasteiger partial charge in [0.2, 0.25) is 5.76 Å². The molecule has 1 saturated heterocycles. The van der Waals surface area contributed by atoms with Crippen molar-refractivity contribution < 1.29 is 23.8 Å². The van der Waals surface area contributed by atoms with E-state index in [1.54, 1.807) is 13.2 Å². The number of benzene rings is 1. The average molecular weight is 305 g/mol. The first kappa shape index (κ1) is 15.0. The highest BCUT2D eigenvalue weighted by atomic mass is 16.5. The summed E-state index contributed by atoms with van der Waals surface area (Å²) in [5.74, 6) is -1.02. The maximum absolute atomic E-state index is 11.5. The Bertz CT molecular complexity index is 664. The first-order valence-electron chi connectivity index (χ1n) is 7.25. The van der Waals surface area contributed by atoms with Crippen LogP contribution in [0.1, 0.15) is 16.1 Å². The lowest BCUT2D eigenvalue weighted by Crippen LogP contribution is -2.47. The third-order valence-corrected chi connectivity index (χ3v) is 3.96. The normalized spacial score (nSPS) is 19.6. The first-order valence-corrected chi connectivity index (χ1v) is 7.25. The molecule has 1 aliphatic heterocycles. The summed E-state index contributed by atoms with van der Waals surface area (Å²) in [4.78, 5) is 13.7. The minimum Gasteiger partial charge on any atom is -0.475 e. The highest BCUT2D eigenvalue weighted by Crippen LogP contribution is 2.28. The van der Waals surface area contributed by atoms with Crippen LogP contribution in [0.3, 0.4) is 0 Å². The fourth-order valence-electron chi connectivity index (χ4n) is 2.87. The number of carboxylic acids is 1. The van der Waals surface area contributed by atoms with Gasteiger partial charge < -0.3 is 19.0 Å². The number of carboxylic acid groups (broad SMARTS) is 1. The van der Waals surface area contributed by atoms with E-state index >= 15 is 0 Å². The summed E-state index contributed by atoms with van der Waals surface area (Å²) in [5, 5.41) is 10.3. The number of aromatic carboxylic acids is 1. The number of hydrogen-bond acceptors (Lipinski definition) is 5. The number of furan rings is 1. The van der Waals surface area contributed by atoms with Gasteiger partial charge >= 0.3 is 5.97 Å². The Morgan fingerprint density at radius 3 is 3.05 bits per heavy atom. The summed E-state index contributed by atoms with van der Waals surface area (Å²) in [7, 11) is 1.66. The van der Waals surface area contributed by atoms with E-state index in [0.29, 0.717) is 37.5 Å². The molecule has 1 aliphatic rings. The molecule has 0 aliphatic carbocycles. The molecule has 6 heteroatoms. The zero-order valence-corrected chi connectivity index (χ0v) is 12.4. The molecule has 3 rings (SSSR count). The van der Waals surface area contributed by atoms with Crippen molar-refractivity contribution in [1.29, 1.82) is 0 Å². The molecule has 0 amide bonds. The van der Waals surface area contributed by atoms with E-state index in [2.05, 4.69) is 4.90 Å².